The highest BCUT2D eigenvalue weighted by Gasteiger charge is 2.14. The summed E-state index contributed by atoms with van der Waals surface area (Å²) in [5.74, 6) is 0.521. The van der Waals surface area contributed by atoms with Gasteiger partial charge >= 0.3 is 0 Å². The minimum Gasteiger partial charge on any atom is -0.371 e. The zero-order valence-corrected chi connectivity index (χ0v) is 17.2. The molecule has 3 N–H and O–H groups in total. The van der Waals surface area contributed by atoms with Crippen LogP contribution in [0.3, 0.4) is 0 Å². The van der Waals surface area contributed by atoms with Gasteiger partial charge in [0.1, 0.15) is 0 Å². The molecular weight excluding hydrogens is 328 g/mol. The Morgan fingerprint density at radius 3 is 2.31 bits per heavy atom. The number of ether oxygens (including phenoxy) is 1. The average Bonchev–Trinajstić information content (AvgIpc) is 2.51. The first kappa shape index (κ1) is 22.0. The van der Waals surface area contributed by atoms with Gasteiger partial charge in [-0.3, -0.25) is 9.79 Å². The molecule has 1 rings (SSSR count). The Bertz CT molecular complexity index is 613. The summed E-state index contributed by atoms with van der Waals surface area (Å²) in [4.78, 5) is 16.0. The van der Waals surface area contributed by atoms with Crippen molar-refractivity contribution in [2.75, 3.05) is 13.6 Å². The van der Waals surface area contributed by atoms with Crippen LogP contribution in [0.5, 0.6) is 0 Å². The summed E-state index contributed by atoms with van der Waals surface area (Å²) >= 11 is 0. The molecule has 6 nitrogen and oxygen atoms in total. The lowest BCUT2D eigenvalue weighted by molar-refractivity contribution is -0.121. The third kappa shape index (κ3) is 10.0. The summed E-state index contributed by atoms with van der Waals surface area (Å²) in [5, 5.41) is 9.15. The highest BCUT2D eigenvalue weighted by molar-refractivity contribution is 5.86. The summed E-state index contributed by atoms with van der Waals surface area (Å²) in [7, 11) is 1.69. The number of benzene rings is 1. The molecule has 6 heteroatoms. The van der Waals surface area contributed by atoms with Crippen molar-refractivity contribution in [3.8, 4) is 0 Å². The maximum absolute atomic E-state index is 11.9. The monoisotopic (exact) mass is 362 g/mol. The number of rotatable bonds is 6. The summed E-state index contributed by atoms with van der Waals surface area (Å²) < 4.78 is 5.82. The van der Waals surface area contributed by atoms with E-state index in [1.165, 1.54) is 0 Å². The van der Waals surface area contributed by atoms with Crippen molar-refractivity contribution in [1.82, 2.24) is 16.0 Å². The van der Waals surface area contributed by atoms with E-state index in [1.54, 1.807) is 7.05 Å². The van der Waals surface area contributed by atoms with Gasteiger partial charge in [0.05, 0.1) is 18.8 Å². The van der Waals surface area contributed by atoms with E-state index in [0.29, 0.717) is 19.1 Å². The van der Waals surface area contributed by atoms with Gasteiger partial charge in [-0.05, 0) is 52.7 Å². The molecule has 0 aliphatic rings. The third-order valence-electron chi connectivity index (χ3n) is 3.28. The van der Waals surface area contributed by atoms with Crippen molar-refractivity contribution >= 4 is 11.9 Å². The van der Waals surface area contributed by atoms with Crippen molar-refractivity contribution in [3.63, 3.8) is 0 Å². The molecule has 0 aliphatic heterocycles. The van der Waals surface area contributed by atoms with Gasteiger partial charge in [0.2, 0.25) is 5.91 Å². The van der Waals surface area contributed by atoms with E-state index < -0.39 is 0 Å². The Morgan fingerprint density at radius 2 is 1.73 bits per heavy atom. The van der Waals surface area contributed by atoms with Gasteiger partial charge in [-0.1, -0.05) is 24.3 Å². The number of aliphatic imine (C=N–C) groups is 1. The van der Waals surface area contributed by atoms with E-state index in [1.807, 2.05) is 53.7 Å². The fourth-order valence-corrected chi connectivity index (χ4v) is 2.16. The van der Waals surface area contributed by atoms with Crippen LogP contribution in [0, 0.1) is 0 Å². The molecule has 26 heavy (non-hydrogen) atoms. The van der Waals surface area contributed by atoms with E-state index in [-0.39, 0.29) is 23.6 Å². The molecule has 146 valence electrons. The topological polar surface area (TPSA) is 74.8 Å². The maximum atomic E-state index is 11.9. The lowest BCUT2D eigenvalue weighted by Gasteiger charge is -2.21. The molecule has 1 amide bonds. The molecule has 0 aromatic heterocycles. The molecule has 0 heterocycles. The van der Waals surface area contributed by atoms with Crippen LogP contribution in [0.1, 0.15) is 52.7 Å². The van der Waals surface area contributed by atoms with E-state index in [0.717, 1.165) is 11.1 Å². The van der Waals surface area contributed by atoms with Crippen LogP contribution in [0.4, 0.5) is 0 Å². The molecule has 0 bridgehead atoms. The SMILES string of the molecule is CN=C(NCC(=O)NC(C)(C)C)NCc1cccc(COC(C)(C)C)c1. The van der Waals surface area contributed by atoms with E-state index in [2.05, 4.69) is 33.1 Å². The number of hydrogen-bond donors (Lipinski definition) is 3. The number of carbonyl (C=O) groups excluding carboxylic acids is 1. The average molecular weight is 363 g/mol. The van der Waals surface area contributed by atoms with Crippen molar-refractivity contribution in [3.05, 3.63) is 35.4 Å². The minimum absolute atomic E-state index is 0.0678. The van der Waals surface area contributed by atoms with Crippen LogP contribution < -0.4 is 16.0 Å². The molecule has 0 aliphatic carbocycles. The smallest absolute Gasteiger partial charge is 0.239 e. The first-order valence-corrected chi connectivity index (χ1v) is 8.96. The quantitative estimate of drug-likeness (QED) is 0.537. The van der Waals surface area contributed by atoms with Gasteiger partial charge in [-0.2, -0.15) is 0 Å². The van der Waals surface area contributed by atoms with Crippen LogP contribution >= 0.6 is 0 Å². The molecule has 1 aromatic carbocycles. The second kappa shape index (κ2) is 9.57. The van der Waals surface area contributed by atoms with Gasteiger partial charge in [0.25, 0.3) is 0 Å². The van der Waals surface area contributed by atoms with Crippen molar-refractivity contribution < 1.29 is 9.53 Å². The molecule has 0 spiro atoms. The molecule has 0 radical (unpaired) electrons. The second-order valence-corrected chi connectivity index (χ2v) is 8.30. The Balaban J connectivity index is 2.50. The van der Waals surface area contributed by atoms with Crippen LogP contribution in [-0.2, 0) is 22.7 Å². The maximum Gasteiger partial charge on any atom is 0.239 e. The first-order valence-electron chi connectivity index (χ1n) is 8.96. The number of carbonyl (C=O) groups is 1. The second-order valence-electron chi connectivity index (χ2n) is 8.30. The van der Waals surface area contributed by atoms with Gasteiger partial charge in [-0.15, -0.1) is 0 Å². The predicted octanol–water partition coefficient (Wildman–Crippen LogP) is 2.58. The Labute approximate surface area is 157 Å². The standard InChI is InChI=1S/C20H34N4O2/c1-19(2,3)24-17(25)13-23-18(21-7)22-12-15-9-8-10-16(11-15)14-26-20(4,5)6/h8-11H,12-14H2,1-7H3,(H,24,25)(H2,21,22,23). The highest BCUT2D eigenvalue weighted by atomic mass is 16.5. The molecule has 0 fully saturated rings. The highest BCUT2D eigenvalue weighted by Crippen LogP contribution is 2.13. The Kier molecular flexibility index (Phi) is 8.08. The van der Waals surface area contributed by atoms with Crippen LogP contribution in [-0.4, -0.2) is 36.6 Å². The lowest BCUT2D eigenvalue weighted by atomic mass is 10.1. The molecule has 1 aromatic rings. The molecule has 0 saturated carbocycles. The molecule has 0 saturated heterocycles. The van der Waals surface area contributed by atoms with Crippen molar-refractivity contribution in [1.29, 1.82) is 0 Å². The zero-order valence-electron chi connectivity index (χ0n) is 17.2. The van der Waals surface area contributed by atoms with Crippen LogP contribution in [0.25, 0.3) is 0 Å². The number of nitrogens with one attached hydrogen (secondary N) is 3. The summed E-state index contributed by atoms with van der Waals surface area (Å²) in [6.07, 6.45) is 0. The molecule has 0 unspecified atom stereocenters. The largest absolute Gasteiger partial charge is 0.371 e. The number of hydrogen-bond acceptors (Lipinski definition) is 3. The van der Waals surface area contributed by atoms with Crippen LogP contribution in [0.2, 0.25) is 0 Å². The van der Waals surface area contributed by atoms with Gasteiger partial charge in [0, 0.05) is 19.1 Å². The van der Waals surface area contributed by atoms with Gasteiger partial charge in [-0.25, -0.2) is 0 Å². The number of nitrogens with zero attached hydrogens (tertiary/aromatic N) is 1. The zero-order chi connectivity index (χ0) is 19.8. The van der Waals surface area contributed by atoms with Gasteiger partial charge < -0.3 is 20.7 Å². The first-order chi connectivity index (χ1) is 12.0. The van der Waals surface area contributed by atoms with E-state index in [4.69, 9.17) is 4.74 Å². The predicted molar refractivity (Wildman–Crippen MR) is 107 cm³/mol. The summed E-state index contributed by atoms with van der Waals surface area (Å²) in [6, 6.07) is 8.23. The molecule has 0 atom stereocenters. The van der Waals surface area contributed by atoms with E-state index in [9.17, 15) is 4.79 Å². The minimum atomic E-state index is -0.245. The van der Waals surface area contributed by atoms with Crippen molar-refractivity contribution in [2.45, 2.75) is 65.8 Å². The van der Waals surface area contributed by atoms with Gasteiger partial charge in [0.15, 0.2) is 5.96 Å². The Morgan fingerprint density at radius 1 is 1.08 bits per heavy atom. The summed E-state index contributed by atoms with van der Waals surface area (Å²) in [6.45, 7) is 13.4. The Hall–Kier alpha value is -2.08. The number of guanidine groups is 1. The van der Waals surface area contributed by atoms with Crippen molar-refractivity contribution in [2.24, 2.45) is 4.99 Å². The number of amides is 1. The fourth-order valence-electron chi connectivity index (χ4n) is 2.16. The third-order valence-corrected chi connectivity index (χ3v) is 3.28. The van der Waals surface area contributed by atoms with Crippen LogP contribution in [0.15, 0.2) is 29.3 Å². The fraction of sp³-hybridized carbons (Fsp3) is 0.600. The lowest BCUT2D eigenvalue weighted by Crippen LogP contribution is -2.48. The van der Waals surface area contributed by atoms with E-state index >= 15 is 0 Å². The normalized spacial score (nSPS) is 12.7. The molecular formula is C20H34N4O2. The summed E-state index contributed by atoms with van der Waals surface area (Å²) in [5.41, 5.74) is 1.85.